The molecule has 0 aromatic heterocycles. The molecule has 1 unspecified atom stereocenters. The highest BCUT2D eigenvalue weighted by molar-refractivity contribution is 5.97. The van der Waals surface area contributed by atoms with Crippen LogP contribution in [0.2, 0.25) is 0 Å². The average Bonchev–Trinajstić information content (AvgIpc) is 2.25. The number of esters is 1. The Labute approximate surface area is 101 Å². The van der Waals surface area contributed by atoms with Gasteiger partial charge in [0.15, 0.2) is 5.78 Å². The lowest BCUT2D eigenvalue weighted by Crippen LogP contribution is -2.19. The molecule has 1 fully saturated rings. The van der Waals surface area contributed by atoms with Crippen molar-refractivity contribution >= 4 is 17.5 Å². The molecule has 17 heavy (non-hydrogen) atoms. The second-order valence-electron chi connectivity index (χ2n) is 4.38. The smallest absolute Gasteiger partial charge is 0.302 e. The maximum Gasteiger partial charge on any atom is 0.302 e. The Kier molecular flexibility index (Phi) is 5.07. The van der Waals surface area contributed by atoms with E-state index in [0.29, 0.717) is 31.3 Å². The van der Waals surface area contributed by atoms with Gasteiger partial charge in [-0.2, -0.15) is 0 Å². The molecule has 0 bridgehead atoms. The lowest BCUT2D eigenvalue weighted by Gasteiger charge is -2.16. The fourth-order valence-electron chi connectivity index (χ4n) is 1.84. The van der Waals surface area contributed by atoms with Gasteiger partial charge in [-0.05, 0) is 24.5 Å². The molecule has 94 valence electrons. The molecule has 4 heteroatoms. The third-order valence-corrected chi connectivity index (χ3v) is 2.88. The lowest BCUT2D eigenvalue weighted by atomic mass is 9.87. The second kappa shape index (κ2) is 6.33. The van der Waals surface area contributed by atoms with Crippen molar-refractivity contribution in [1.82, 2.24) is 0 Å². The van der Waals surface area contributed by atoms with Gasteiger partial charge in [-0.25, -0.2) is 0 Å². The third-order valence-electron chi connectivity index (χ3n) is 2.88. The van der Waals surface area contributed by atoms with Gasteiger partial charge >= 0.3 is 5.97 Å². The molecule has 1 saturated carbocycles. The van der Waals surface area contributed by atoms with Gasteiger partial charge in [0, 0.05) is 25.7 Å². The van der Waals surface area contributed by atoms with Crippen molar-refractivity contribution in [2.45, 2.75) is 39.5 Å². The van der Waals surface area contributed by atoms with Gasteiger partial charge in [0.05, 0.1) is 0 Å². The summed E-state index contributed by atoms with van der Waals surface area (Å²) in [4.78, 5) is 34.0. The highest BCUT2D eigenvalue weighted by Gasteiger charge is 2.21. The van der Waals surface area contributed by atoms with E-state index in [9.17, 15) is 14.4 Å². The molecule has 1 aliphatic rings. The predicted octanol–water partition coefficient (Wildman–Crippen LogP) is 1.82. The fourth-order valence-corrected chi connectivity index (χ4v) is 1.84. The van der Waals surface area contributed by atoms with E-state index in [2.05, 4.69) is 0 Å². The lowest BCUT2D eigenvalue weighted by molar-refractivity contribution is -0.139. The molecule has 0 spiro atoms. The molecule has 1 rings (SSSR count). The van der Waals surface area contributed by atoms with Crippen LogP contribution in [-0.4, -0.2) is 24.1 Å². The molecule has 1 aliphatic carbocycles. The molecular formula is C13H18O4. The SMILES string of the molecule is CC(=O)OC/C=C1/CC(C)C(=O)CCCC1=O. The number of ketones is 2. The number of ether oxygens (including phenoxy) is 1. The molecule has 0 aliphatic heterocycles. The van der Waals surface area contributed by atoms with Gasteiger partial charge in [-0.3, -0.25) is 14.4 Å². The van der Waals surface area contributed by atoms with Gasteiger partial charge in [0.25, 0.3) is 0 Å². The number of hydrogen-bond acceptors (Lipinski definition) is 4. The van der Waals surface area contributed by atoms with Gasteiger partial charge in [-0.1, -0.05) is 6.92 Å². The standard InChI is InChI=1S/C13H18O4/c1-9-8-11(6-7-17-10(2)14)13(16)5-3-4-12(9)15/h6,9H,3-5,7-8H2,1-2H3/b11-6-. The van der Waals surface area contributed by atoms with E-state index in [1.165, 1.54) is 6.92 Å². The minimum atomic E-state index is -0.371. The zero-order valence-electron chi connectivity index (χ0n) is 10.3. The normalized spacial score (nSPS) is 24.4. The predicted molar refractivity (Wildman–Crippen MR) is 62.4 cm³/mol. The molecule has 1 atom stereocenters. The minimum absolute atomic E-state index is 0.0662. The van der Waals surface area contributed by atoms with Gasteiger partial charge in [0.1, 0.15) is 12.4 Å². The third kappa shape index (κ3) is 4.51. The summed E-state index contributed by atoms with van der Waals surface area (Å²) in [7, 11) is 0. The molecule has 0 saturated heterocycles. The summed E-state index contributed by atoms with van der Waals surface area (Å²) in [5, 5.41) is 0. The topological polar surface area (TPSA) is 60.4 Å². The number of hydrogen-bond donors (Lipinski definition) is 0. The summed E-state index contributed by atoms with van der Waals surface area (Å²) >= 11 is 0. The summed E-state index contributed by atoms with van der Waals surface area (Å²) in [6.07, 6.45) is 3.60. The number of rotatable bonds is 2. The average molecular weight is 238 g/mol. The van der Waals surface area contributed by atoms with Crippen LogP contribution in [0.1, 0.15) is 39.5 Å². The first kappa shape index (κ1) is 13.6. The van der Waals surface area contributed by atoms with E-state index in [1.807, 2.05) is 6.92 Å². The Hall–Kier alpha value is -1.45. The Morgan fingerprint density at radius 2 is 2.12 bits per heavy atom. The maximum absolute atomic E-state index is 11.8. The first-order valence-corrected chi connectivity index (χ1v) is 5.89. The van der Waals surface area contributed by atoms with E-state index < -0.39 is 0 Å². The fraction of sp³-hybridized carbons (Fsp3) is 0.615. The molecule has 0 aromatic rings. The number of carbonyl (C=O) groups excluding carboxylic acids is 3. The van der Waals surface area contributed by atoms with Crippen LogP contribution in [0.15, 0.2) is 11.6 Å². The second-order valence-corrected chi connectivity index (χ2v) is 4.38. The van der Waals surface area contributed by atoms with Crippen LogP contribution < -0.4 is 0 Å². The summed E-state index contributed by atoms with van der Waals surface area (Å²) in [5.41, 5.74) is 0.617. The first-order chi connectivity index (χ1) is 8.00. The van der Waals surface area contributed by atoms with Crippen molar-refractivity contribution in [2.75, 3.05) is 6.61 Å². The Balaban J connectivity index is 2.67. The quantitative estimate of drug-likeness (QED) is 0.544. The highest BCUT2D eigenvalue weighted by Crippen LogP contribution is 2.21. The highest BCUT2D eigenvalue weighted by atomic mass is 16.5. The summed E-state index contributed by atoms with van der Waals surface area (Å²) in [6, 6.07) is 0. The molecule has 0 amide bonds. The van der Waals surface area contributed by atoms with E-state index in [0.717, 1.165) is 0 Å². The van der Waals surface area contributed by atoms with E-state index >= 15 is 0 Å². The van der Waals surface area contributed by atoms with E-state index in [1.54, 1.807) is 6.08 Å². The molecule has 0 radical (unpaired) electrons. The zero-order valence-corrected chi connectivity index (χ0v) is 10.3. The van der Waals surface area contributed by atoms with Crippen molar-refractivity contribution in [3.63, 3.8) is 0 Å². The first-order valence-electron chi connectivity index (χ1n) is 5.89. The van der Waals surface area contributed by atoms with Crippen LogP contribution in [-0.2, 0) is 19.1 Å². The monoisotopic (exact) mass is 238 g/mol. The number of allylic oxidation sites excluding steroid dienone is 1. The number of Topliss-reactive ketones (excluding diaryl/α,β-unsaturated/α-hetero) is 2. The summed E-state index contributed by atoms with van der Waals surface area (Å²) in [6.45, 7) is 3.27. The summed E-state index contributed by atoms with van der Waals surface area (Å²) < 4.78 is 4.77. The van der Waals surface area contributed by atoms with Crippen LogP contribution in [0, 0.1) is 5.92 Å². The van der Waals surface area contributed by atoms with Crippen LogP contribution in [0.3, 0.4) is 0 Å². The van der Waals surface area contributed by atoms with Crippen molar-refractivity contribution in [2.24, 2.45) is 5.92 Å². The Bertz CT molecular complexity index is 354. The summed E-state index contributed by atoms with van der Waals surface area (Å²) in [5.74, 6) is -0.223. The Morgan fingerprint density at radius 3 is 2.76 bits per heavy atom. The van der Waals surface area contributed by atoms with Crippen molar-refractivity contribution in [3.8, 4) is 0 Å². The number of carbonyl (C=O) groups is 3. The van der Waals surface area contributed by atoms with Crippen molar-refractivity contribution in [3.05, 3.63) is 11.6 Å². The largest absolute Gasteiger partial charge is 0.462 e. The van der Waals surface area contributed by atoms with Crippen LogP contribution in [0.5, 0.6) is 0 Å². The molecular weight excluding hydrogens is 220 g/mol. The maximum atomic E-state index is 11.8. The molecule has 0 N–H and O–H groups in total. The van der Waals surface area contributed by atoms with Gasteiger partial charge in [0.2, 0.25) is 0 Å². The Morgan fingerprint density at radius 1 is 1.41 bits per heavy atom. The molecule has 0 aromatic carbocycles. The van der Waals surface area contributed by atoms with Crippen molar-refractivity contribution < 1.29 is 19.1 Å². The van der Waals surface area contributed by atoms with Gasteiger partial charge < -0.3 is 4.74 Å². The van der Waals surface area contributed by atoms with E-state index in [4.69, 9.17) is 4.74 Å². The van der Waals surface area contributed by atoms with Crippen molar-refractivity contribution in [1.29, 1.82) is 0 Å². The van der Waals surface area contributed by atoms with E-state index in [-0.39, 0.29) is 30.1 Å². The zero-order chi connectivity index (χ0) is 12.8. The molecule has 4 nitrogen and oxygen atoms in total. The minimum Gasteiger partial charge on any atom is -0.462 e. The van der Waals surface area contributed by atoms with Crippen LogP contribution in [0.4, 0.5) is 0 Å². The molecule has 0 heterocycles. The van der Waals surface area contributed by atoms with Crippen LogP contribution >= 0.6 is 0 Å². The van der Waals surface area contributed by atoms with Gasteiger partial charge in [-0.15, -0.1) is 0 Å². The van der Waals surface area contributed by atoms with Crippen LogP contribution in [0.25, 0.3) is 0 Å².